The lowest BCUT2D eigenvalue weighted by molar-refractivity contribution is -0.111. The number of piperidine rings is 1. The molecule has 172 valence electrons. The van der Waals surface area contributed by atoms with Crippen molar-refractivity contribution in [2.45, 2.75) is 19.3 Å². The van der Waals surface area contributed by atoms with E-state index in [4.69, 9.17) is 16.3 Å². The van der Waals surface area contributed by atoms with Crippen LogP contribution >= 0.6 is 11.6 Å². The van der Waals surface area contributed by atoms with Crippen molar-refractivity contribution < 1.29 is 13.9 Å². The minimum absolute atomic E-state index is 0.0381. The molecule has 0 bridgehead atoms. The molecule has 1 saturated heterocycles. The Morgan fingerprint density at radius 3 is 2.79 bits per heavy atom. The molecule has 0 aliphatic carbocycles. The SMILES string of the molecule is COc1cc2ncnc(Nc3ccc(Cl)c(F)c3)c2cc1NC(=O)C=CCN1CCCCC1. The number of nitrogens with zero attached hydrogens (tertiary/aromatic N) is 3. The van der Waals surface area contributed by atoms with Gasteiger partial charge in [0.2, 0.25) is 5.91 Å². The number of carbonyl (C=O) groups excluding carboxylic acids is 1. The van der Waals surface area contributed by atoms with Gasteiger partial charge in [0.25, 0.3) is 0 Å². The number of fused-ring (bicyclic) bond motifs is 1. The summed E-state index contributed by atoms with van der Waals surface area (Å²) in [7, 11) is 1.53. The fourth-order valence-corrected chi connectivity index (χ4v) is 3.90. The van der Waals surface area contributed by atoms with Gasteiger partial charge in [-0.3, -0.25) is 9.69 Å². The van der Waals surface area contributed by atoms with Gasteiger partial charge < -0.3 is 15.4 Å². The molecule has 7 nitrogen and oxygen atoms in total. The number of rotatable bonds is 7. The number of hydrogen-bond acceptors (Lipinski definition) is 6. The number of nitrogens with one attached hydrogen (secondary N) is 2. The van der Waals surface area contributed by atoms with Gasteiger partial charge in [0.1, 0.15) is 23.7 Å². The Hall–Kier alpha value is -3.23. The third kappa shape index (κ3) is 5.77. The van der Waals surface area contributed by atoms with Gasteiger partial charge in [-0.15, -0.1) is 0 Å². The monoisotopic (exact) mass is 469 g/mol. The molecule has 4 rings (SSSR count). The lowest BCUT2D eigenvalue weighted by atomic mass is 10.1. The molecule has 0 saturated carbocycles. The number of likely N-dealkylation sites (tertiary alicyclic amines) is 1. The van der Waals surface area contributed by atoms with Crippen LogP contribution in [0.15, 0.2) is 48.8 Å². The highest BCUT2D eigenvalue weighted by atomic mass is 35.5. The third-order valence-electron chi connectivity index (χ3n) is 5.48. The van der Waals surface area contributed by atoms with Crippen LogP contribution in [-0.4, -0.2) is 47.5 Å². The standard InChI is InChI=1S/C24H25ClFN5O2/c1-33-22-14-20-17(24(28-15-27-20)29-16-7-8-18(25)19(26)12-16)13-21(22)30-23(32)6-5-11-31-9-3-2-4-10-31/h5-8,12-15H,2-4,9-11H2,1H3,(H,30,32)(H,27,28,29). The number of amides is 1. The second kappa shape index (κ2) is 10.6. The van der Waals surface area contributed by atoms with E-state index in [0.717, 1.165) is 19.6 Å². The Kier molecular flexibility index (Phi) is 7.36. The van der Waals surface area contributed by atoms with Crippen molar-refractivity contribution in [3.63, 3.8) is 0 Å². The van der Waals surface area contributed by atoms with Crippen LogP contribution in [0.2, 0.25) is 5.02 Å². The molecule has 3 aromatic rings. The van der Waals surface area contributed by atoms with Gasteiger partial charge in [0.15, 0.2) is 0 Å². The Bertz CT molecular complexity index is 1180. The van der Waals surface area contributed by atoms with Crippen molar-refractivity contribution in [1.82, 2.24) is 14.9 Å². The number of halogens is 2. The molecule has 2 heterocycles. The van der Waals surface area contributed by atoms with E-state index in [9.17, 15) is 9.18 Å². The molecule has 0 unspecified atom stereocenters. The number of methoxy groups -OCH3 is 1. The zero-order valence-corrected chi connectivity index (χ0v) is 19.0. The minimum Gasteiger partial charge on any atom is -0.494 e. The molecule has 1 fully saturated rings. The number of aromatic nitrogens is 2. The first-order chi connectivity index (χ1) is 16.0. The summed E-state index contributed by atoms with van der Waals surface area (Å²) in [6, 6.07) is 7.86. The van der Waals surface area contributed by atoms with Gasteiger partial charge in [-0.2, -0.15) is 0 Å². The van der Waals surface area contributed by atoms with Crippen LogP contribution in [0.1, 0.15) is 19.3 Å². The molecule has 9 heteroatoms. The highest BCUT2D eigenvalue weighted by Gasteiger charge is 2.13. The summed E-state index contributed by atoms with van der Waals surface area (Å²) in [4.78, 5) is 23.4. The van der Waals surface area contributed by atoms with E-state index in [1.54, 1.807) is 18.2 Å². The molecule has 0 radical (unpaired) electrons. The molecule has 1 amide bonds. The average molecular weight is 470 g/mol. The molecule has 1 aliphatic rings. The summed E-state index contributed by atoms with van der Waals surface area (Å²) < 4.78 is 19.3. The molecular formula is C24H25ClFN5O2. The van der Waals surface area contributed by atoms with E-state index in [-0.39, 0.29) is 10.9 Å². The lowest BCUT2D eigenvalue weighted by Gasteiger charge is -2.24. The summed E-state index contributed by atoms with van der Waals surface area (Å²) in [5.41, 5.74) is 1.58. The van der Waals surface area contributed by atoms with Crippen LogP contribution in [0.4, 0.5) is 21.6 Å². The van der Waals surface area contributed by atoms with Crippen molar-refractivity contribution in [2.24, 2.45) is 0 Å². The number of ether oxygens (including phenoxy) is 1. The van der Waals surface area contributed by atoms with E-state index in [1.807, 2.05) is 6.08 Å². The zero-order valence-electron chi connectivity index (χ0n) is 18.3. The largest absolute Gasteiger partial charge is 0.494 e. The quantitative estimate of drug-likeness (QED) is 0.465. The molecule has 1 aromatic heterocycles. The van der Waals surface area contributed by atoms with Crippen molar-refractivity contribution >= 4 is 45.6 Å². The Balaban J connectivity index is 1.55. The Morgan fingerprint density at radius 1 is 1.21 bits per heavy atom. The van der Waals surface area contributed by atoms with Crippen LogP contribution in [-0.2, 0) is 4.79 Å². The molecule has 0 atom stereocenters. The van der Waals surface area contributed by atoms with Gasteiger partial charge in [-0.05, 0) is 50.2 Å². The normalized spacial score (nSPS) is 14.5. The Labute approximate surface area is 196 Å². The van der Waals surface area contributed by atoms with Crippen molar-refractivity contribution in [2.75, 3.05) is 37.4 Å². The topological polar surface area (TPSA) is 79.4 Å². The Morgan fingerprint density at radius 2 is 2.03 bits per heavy atom. The second-order valence-electron chi connectivity index (χ2n) is 7.80. The number of carbonyl (C=O) groups is 1. The van der Waals surface area contributed by atoms with Crippen molar-refractivity contribution in [3.8, 4) is 5.75 Å². The molecular weight excluding hydrogens is 445 g/mol. The van der Waals surface area contributed by atoms with E-state index in [0.29, 0.717) is 33.8 Å². The predicted molar refractivity (Wildman–Crippen MR) is 129 cm³/mol. The summed E-state index contributed by atoms with van der Waals surface area (Å²) >= 11 is 5.77. The van der Waals surface area contributed by atoms with Crippen LogP contribution < -0.4 is 15.4 Å². The first kappa shape index (κ1) is 22.9. The van der Waals surface area contributed by atoms with E-state index < -0.39 is 5.82 Å². The van der Waals surface area contributed by atoms with Crippen LogP contribution in [0.25, 0.3) is 10.9 Å². The van der Waals surface area contributed by atoms with Crippen LogP contribution in [0.3, 0.4) is 0 Å². The minimum atomic E-state index is -0.536. The molecule has 33 heavy (non-hydrogen) atoms. The van der Waals surface area contributed by atoms with Crippen LogP contribution in [0.5, 0.6) is 5.75 Å². The maximum absolute atomic E-state index is 13.8. The van der Waals surface area contributed by atoms with Crippen LogP contribution in [0, 0.1) is 5.82 Å². The highest BCUT2D eigenvalue weighted by Crippen LogP contribution is 2.33. The van der Waals surface area contributed by atoms with E-state index in [2.05, 4.69) is 25.5 Å². The molecule has 2 aromatic carbocycles. The van der Waals surface area contributed by atoms with E-state index >= 15 is 0 Å². The van der Waals surface area contributed by atoms with Gasteiger partial charge in [-0.1, -0.05) is 24.1 Å². The molecule has 1 aliphatic heterocycles. The van der Waals surface area contributed by atoms with Gasteiger partial charge in [-0.25, -0.2) is 14.4 Å². The smallest absolute Gasteiger partial charge is 0.248 e. The first-order valence-corrected chi connectivity index (χ1v) is 11.2. The van der Waals surface area contributed by atoms with Gasteiger partial charge in [0, 0.05) is 29.8 Å². The maximum Gasteiger partial charge on any atom is 0.248 e. The van der Waals surface area contributed by atoms with Crippen molar-refractivity contribution in [1.29, 1.82) is 0 Å². The number of benzene rings is 2. The zero-order chi connectivity index (χ0) is 23.2. The summed E-state index contributed by atoms with van der Waals surface area (Å²) in [6.07, 6.45) is 8.49. The third-order valence-corrected chi connectivity index (χ3v) is 5.78. The molecule has 0 spiro atoms. The maximum atomic E-state index is 13.8. The lowest BCUT2D eigenvalue weighted by Crippen LogP contribution is -2.29. The first-order valence-electron chi connectivity index (χ1n) is 10.8. The number of hydrogen-bond donors (Lipinski definition) is 2. The highest BCUT2D eigenvalue weighted by molar-refractivity contribution is 6.30. The summed E-state index contributed by atoms with van der Waals surface area (Å²) in [5, 5.41) is 6.63. The fraction of sp³-hybridized carbons (Fsp3) is 0.292. The van der Waals surface area contributed by atoms with Gasteiger partial charge in [0.05, 0.1) is 23.3 Å². The van der Waals surface area contributed by atoms with Crippen molar-refractivity contribution in [3.05, 3.63) is 59.7 Å². The number of anilines is 3. The summed E-state index contributed by atoms with van der Waals surface area (Å²) in [6.45, 7) is 2.89. The fourth-order valence-electron chi connectivity index (χ4n) is 3.79. The van der Waals surface area contributed by atoms with E-state index in [1.165, 1.54) is 50.9 Å². The average Bonchev–Trinajstić information content (AvgIpc) is 2.82. The summed E-state index contributed by atoms with van der Waals surface area (Å²) in [5.74, 6) is 0.143. The molecule has 2 N–H and O–H groups in total. The predicted octanol–water partition coefficient (Wildman–Crippen LogP) is 5.16. The van der Waals surface area contributed by atoms with Gasteiger partial charge >= 0.3 is 0 Å². The second-order valence-corrected chi connectivity index (χ2v) is 8.21.